The second-order valence-electron chi connectivity index (χ2n) is 3.80. The van der Waals surface area contributed by atoms with Crippen LogP contribution in [-0.2, 0) is 14.3 Å². The molecule has 0 spiro atoms. The zero-order chi connectivity index (χ0) is 14.3. The third kappa shape index (κ3) is 5.10. The molecule has 19 heavy (non-hydrogen) atoms. The van der Waals surface area contributed by atoms with Crippen molar-refractivity contribution < 1.29 is 14.3 Å². The summed E-state index contributed by atoms with van der Waals surface area (Å²) >= 11 is 9.40. The number of rotatable bonds is 7. The van der Waals surface area contributed by atoms with Crippen molar-refractivity contribution in [3.8, 4) is 0 Å². The Balaban J connectivity index is 2.93. The number of hydrogen-bond donors (Lipinski definition) is 1. The van der Waals surface area contributed by atoms with E-state index in [0.717, 1.165) is 10.0 Å². The highest BCUT2D eigenvalue weighted by atomic mass is 79.9. The first-order chi connectivity index (χ1) is 9.10. The van der Waals surface area contributed by atoms with Crippen molar-refractivity contribution in [2.45, 2.75) is 13.0 Å². The molecule has 0 radical (unpaired) electrons. The lowest BCUT2D eigenvalue weighted by molar-refractivity contribution is -0.145. The maximum absolute atomic E-state index is 12.0. The SMILES string of the molecule is CCOC(=O)C(NCCOC)c1cc(Cl)ccc1Br. The molecular formula is C13H17BrClNO3. The normalized spacial score (nSPS) is 12.2. The predicted octanol–water partition coefficient (Wildman–Crippen LogP) is 2.94. The molecule has 1 atom stereocenters. The lowest BCUT2D eigenvalue weighted by Crippen LogP contribution is -2.32. The van der Waals surface area contributed by atoms with E-state index in [1.165, 1.54) is 0 Å². The van der Waals surface area contributed by atoms with E-state index in [9.17, 15) is 4.79 Å². The van der Waals surface area contributed by atoms with E-state index in [0.29, 0.717) is 24.8 Å². The fraction of sp³-hybridized carbons (Fsp3) is 0.462. The third-order valence-corrected chi connectivity index (χ3v) is 3.40. The molecular weight excluding hydrogens is 334 g/mol. The average molecular weight is 351 g/mol. The molecule has 0 bridgehead atoms. The summed E-state index contributed by atoms with van der Waals surface area (Å²) in [4.78, 5) is 12.0. The molecule has 0 amide bonds. The number of esters is 1. The van der Waals surface area contributed by atoms with Crippen LogP contribution >= 0.6 is 27.5 Å². The van der Waals surface area contributed by atoms with Gasteiger partial charge < -0.3 is 9.47 Å². The first-order valence-electron chi connectivity index (χ1n) is 5.94. The van der Waals surface area contributed by atoms with Crippen molar-refractivity contribution in [3.05, 3.63) is 33.3 Å². The van der Waals surface area contributed by atoms with E-state index in [1.807, 2.05) is 6.07 Å². The average Bonchev–Trinajstić information content (AvgIpc) is 2.38. The molecule has 6 heteroatoms. The first kappa shape index (κ1) is 16.4. The Labute approximate surface area is 126 Å². The van der Waals surface area contributed by atoms with E-state index in [2.05, 4.69) is 21.2 Å². The number of nitrogens with one attached hydrogen (secondary N) is 1. The van der Waals surface area contributed by atoms with Gasteiger partial charge in [0, 0.05) is 23.1 Å². The number of carbonyl (C=O) groups is 1. The Morgan fingerprint density at radius 2 is 2.26 bits per heavy atom. The van der Waals surface area contributed by atoms with Gasteiger partial charge in [-0.25, -0.2) is 4.79 Å². The van der Waals surface area contributed by atoms with Gasteiger partial charge in [-0.05, 0) is 30.7 Å². The molecule has 0 aliphatic carbocycles. The van der Waals surface area contributed by atoms with Crippen LogP contribution in [0, 0.1) is 0 Å². The molecule has 4 nitrogen and oxygen atoms in total. The van der Waals surface area contributed by atoms with Crippen molar-refractivity contribution in [3.63, 3.8) is 0 Å². The van der Waals surface area contributed by atoms with E-state index in [1.54, 1.807) is 26.2 Å². The van der Waals surface area contributed by atoms with Crippen molar-refractivity contribution in [1.82, 2.24) is 5.32 Å². The standard InChI is InChI=1S/C13H17BrClNO3/c1-3-19-13(17)12(16-6-7-18-2)10-8-9(15)4-5-11(10)14/h4-5,8,12,16H,3,6-7H2,1-2H3. The maximum Gasteiger partial charge on any atom is 0.327 e. The minimum atomic E-state index is -0.567. The first-order valence-corrected chi connectivity index (χ1v) is 7.11. The number of benzene rings is 1. The van der Waals surface area contributed by atoms with Crippen molar-refractivity contribution in [2.24, 2.45) is 0 Å². The Kier molecular flexibility index (Phi) is 7.38. The zero-order valence-electron chi connectivity index (χ0n) is 10.9. The molecule has 0 aromatic heterocycles. The number of halogens is 2. The topological polar surface area (TPSA) is 47.6 Å². The van der Waals surface area contributed by atoms with Crippen LogP contribution in [-0.4, -0.2) is 32.8 Å². The Hall–Kier alpha value is -0.620. The highest BCUT2D eigenvalue weighted by molar-refractivity contribution is 9.10. The van der Waals surface area contributed by atoms with Gasteiger partial charge in [-0.2, -0.15) is 0 Å². The smallest absolute Gasteiger partial charge is 0.327 e. The lowest BCUT2D eigenvalue weighted by Gasteiger charge is -2.19. The monoisotopic (exact) mass is 349 g/mol. The summed E-state index contributed by atoms with van der Waals surface area (Å²) in [7, 11) is 1.61. The summed E-state index contributed by atoms with van der Waals surface area (Å²) in [6.45, 7) is 3.16. The molecule has 1 rings (SSSR count). The molecule has 0 aliphatic rings. The van der Waals surface area contributed by atoms with Crippen LogP contribution in [0.3, 0.4) is 0 Å². The van der Waals surface area contributed by atoms with Gasteiger partial charge in [0.15, 0.2) is 0 Å². The molecule has 1 aromatic rings. The second-order valence-corrected chi connectivity index (χ2v) is 5.09. The Morgan fingerprint density at radius 3 is 2.89 bits per heavy atom. The molecule has 0 fully saturated rings. The van der Waals surface area contributed by atoms with Gasteiger partial charge in [-0.15, -0.1) is 0 Å². The summed E-state index contributed by atoms with van der Waals surface area (Å²) in [6, 6.07) is 4.74. The predicted molar refractivity (Wildman–Crippen MR) is 78.4 cm³/mol. The van der Waals surface area contributed by atoms with Crippen LogP contribution in [0.15, 0.2) is 22.7 Å². The van der Waals surface area contributed by atoms with Crippen LogP contribution < -0.4 is 5.32 Å². The summed E-state index contributed by atoms with van der Waals surface area (Å²) in [5.74, 6) is -0.332. The molecule has 0 aliphatic heterocycles. The van der Waals surface area contributed by atoms with Crippen LogP contribution in [0.5, 0.6) is 0 Å². The maximum atomic E-state index is 12.0. The summed E-state index contributed by atoms with van der Waals surface area (Å²) in [5, 5.41) is 3.67. The van der Waals surface area contributed by atoms with Crippen LogP contribution in [0.25, 0.3) is 0 Å². The number of methoxy groups -OCH3 is 1. The lowest BCUT2D eigenvalue weighted by atomic mass is 10.1. The number of carbonyl (C=O) groups excluding carboxylic acids is 1. The van der Waals surface area contributed by atoms with Gasteiger partial charge in [0.2, 0.25) is 0 Å². The van der Waals surface area contributed by atoms with E-state index >= 15 is 0 Å². The van der Waals surface area contributed by atoms with E-state index in [4.69, 9.17) is 21.1 Å². The molecule has 1 aromatic carbocycles. The highest BCUT2D eigenvalue weighted by Gasteiger charge is 2.23. The third-order valence-electron chi connectivity index (χ3n) is 2.45. The van der Waals surface area contributed by atoms with Gasteiger partial charge in [0.05, 0.1) is 13.2 Å². The number of hydrogen-bond acceptors (Lipinski definition) is 4. The van der Waals surface area contributed by atoms with Crippen molar-refractivity contribution in [2.75, 3.05) is 26.9 Å². The van der Waals surface area contributed by atoms with Gasteiger partial charge in [0.25, 0.3) is 0 Å². The minimum Gasteiger partial charge on any atom is -0.465 e. The summed E-state index contributed by atoms with van der Waals surface area (Å²) < 4.78 is 10.9. The van der Waals surface area contributed by atoms with Crippen LogP contribution in [0.1, 0.15) is 18.5 Å². The van der Waals surface area contributed by atoms with Gasteiger partial charge in [-0.1, -0.05) is 27.5 Å². The van der Waals surface area contributed by atoms with Gasteiger partial charge in [0.1, 0.15) is 6.04 Å². The highest BCUT2D eigenvalue weighted by Crippen LogP contribution is 2.27. The van der Waals surface area contributed by atoms with Crippen molar-refractivity contribution in [1.29, 1.82) is 0 Å². The van der Waals surface area contributed by atoms with E-state index < -0.39 is 6.04 Å². The van der Waals surface area contributed by atoms with Gasteiger partial charge >= 0.3 is 5.97 Å². The minimum absolute atomic E-state index is 0.332. The molecule has 0 saturated carbocycles. The molecule has 0 saturated heterocycles. The van der Waals surface area contributed by atoms with Crippen LogP contribution in [0.4, 0.5) is 0 Å². The molecule has 1 unspecified atom stereocenters. The fourth-order valence-corrected chi connectivity index (χ4v) is 2.24. The fourth-order valence-electron chi connectivity index (χ4n) is 1.59. The van der Waals surface area contributed by atoms with E-state index in [-0.39, 0.29) is 5.97 Å². The van der Waals surface area contributed by atoms with Crippen LogP contribution in [0.2, 0.25) is 5.02 Å². The largest absolute Gasteiger partial charge is 0.465 e. The quantitative estimate of drug-likeness (QED) is 0.607. The molecule has 106 valence electrons. The molecule has 1 N–H and O–H groups in total. The number of ether oxygens (including phenoxy) is 2. The summed E-state index contributed by atoms with van der Waals surface area (Å²) in [6.07, 6.45) is 0. The Bertz CT molecular complexity index is 428. The summed E-state index contributed by atoms with van der Waals surface area (Å²) in [5.41, 5.74) is 0.752. The second kappa shape index (κ2) is 8.53. The zero-order valence-corrected chi connectivity index (χ0v) is 13.3. The van der Waals surface area contributed by atoms with Gasteiger partial charge in [-0.3, -0.25) is 5.32 Å². The van der Waals surface area contributed by atoms with Crippen molar-refractivity contribution >= 4 is 33.5 Å². The molecule has 0 heterocycles. The Morgan fingerprint density at radius 1 is 1.53 bits per heavy atom.